The normalized spacial score (nSPS) is 30.5. The van der Waals surface area contributed by atoms with E-state index in [0.29, 0.717) is 4.20 Å². The summed E-state index contributed by atoms with van der Waals surface area (Å²) in [4.78, 5) is 11.0. The molecule has 0 aromatic heterocycles. The summed E-state index contributed by atoms with van der Waals surface area (Å²) >= 11 is 4.92. The van der Waals surface area contributed by atoms with Crippen LogP contribution in [0.25, 0.3) is 0 Å². The number of nitrogens with two attached hydrogens (primary N) is 1. The van der Waals surface area contributed by atoms with Gasteiger partial charge >= 0.3 is 5.97 Å². The molecule has 1 saturated heterocycles. The molecule has 1 fully saturated rings. The van der Waals surface area contributed by atoms with Gasteiger partial charge in [-0.25, -0.2) is 0 Å². The summed E-state index contributed by atoms with van der Waals surface area (Å²) < 4.78 is 5.16. The van der Waals surface area contributed by atoms with Crippen molar-refractivity contribution in [3.05, 3.63) is 0 Å². The first-order chi connectivity index (χ1) is 5.16. The predicted molar refractivity (Wildman–Crippen MR) is 51.3 cm³/mol. The van der Waals surface area contributed by atoms with Gasteiger partial charge in [-0.1, -0.05) is 23.0 Å². The second kappa shape index (κ2) is 3.75. The zero-order chi connectivity index (χ0) is 8.43. The Balaban J connectivity index is 2.68. The van der Waals surface area contributed by atoms with E-state index < -0.39 is 5.92 Å². The van der Waals surface area contributed by atoms with Crippen LogP contribution in [0.4, 0.5) is 0 Å². The molecule has 3 nitrogen and oxygen atoms in total. The number of hydrogen-bond donors (Lipinski definition) is 1. The number of rotatable bonds is 1. The van der Waals surface area contributed by atoms with Crippen molar-refractivity contribution in [3.63, 3.8) is 0 Å². The minimum Gasteiger partial charge on any atom is -0.468 e. The van der Waals surface area contributed by atoms with E-state index in [1.807, 2.05) is 0 Å². The van der Waals surface area contributed by atoms with Gasteiger partial charge in [-0.3, -0.25) is 4.79 Å². The van der Waals surface area contributed by atoms with Gasteiger partial charge in [-0.15, -0.1) is 0 Å². The first-order valence-electron chi connectivity index (χ1n) is 2.87. The van der Waals surface area contributed by atoms with Crippen molar-refractivity contribution in [2.24, 2.45) is 11.7 Å². The second-order valence-corrected chi connectivity index (χ2v) is 5.08. The number of esters is 1. The quantitative estimate of drug-likeness (QED) is 0.391. The van der Waals surface area contributed by atoms with Gasteiger partial charge in [0.2, 0.25) is 0 Å². The van der Waals surface area contributed by atoms with E-state index in [0.717, 1.165) is 0 Å². The van der Waals surface area contributed by atoms with Crippen molar-refractivity contribution in [3.8, 4) is 0 Å². The summed E-state index contributed by atoms with van der Waals surface area (Å²) in [6.45, 7) is 0. The highest BCUT2D eigenvalue weighted by Gasteiger charge is 2.37. The Morgan fingerprint density at radius 1 is 1.82 bits per heavy atom. The van der Waals surface area contributed by atoms with Crippen LogP contribution < -0.4 is 5.73 Å². The Morgan fingerprint density at radius 3 is 2.82 bits per heavy atom. The topological polar surface area (TPSA) is 52.3 Å². The molecule has 0 aromatic rings. The maximum atomic E-state index is 11.0. The Labute approximate surface area is 77.8 Å². The van der Waals surface area contributed by atoms with Crippen LogP contribution in [0.1, 0.15) is 0 Å². The molecular weight excluding hydrogens is 202 g/mol. The summed E-state index contributed by atoms with van der Waals surface area (Å²) in [5.41, 5.74) is 5.60. The van der Waals surface area contributed by atoms with Crippen molar-refractivity contribution in [1.29, 1.82) is 0 Å². The third-order valence-electron chi connectivity index (χ3n) is 1.28. The Hall–Kier alpha value is 0.220. The van der Waals surface area contributed by atoms with Crippen LogP contribution in [0, 0.1) is 5.92 Å². The molecule has 2 atom stereocenters. The monoisotopic (exact) mass is 209 g/mol. The summed E-state index contributed by atoms with van der Waals surface area (Å²) in [5, 5.41) is -0.250. The summed E-state index contributed by atoms with van der Waals surface area (Å²) in [6.07, 6.45) is 0. The van der Waals surface area contributed by atoms with E-state index in [4.69, 9.17) is 18.0 Å². The molecule has 1 heterocycles. The molecule has 0 saturated carbocycles. The number of methoxy groups -OCH3 is 1. The van der Waals surface area contributed by atoms with Crippen LogP contribution in [0.2, 0.25) is 0 Å². The average molecular weight is 209 g/mol. The van der Waals surface area contributed by atoms with Crippen LogP contribution in [-0.4, -0.2) is 22.6 Å². The number of carbonyl (C=O) groups is 1. The molecule has 2 N–H and O–H groups in total. The third-order valence-corrected chi connectivity index (χ3v) is 4.60. The molecule has 0 aliphatic carbocycles. The largest absolute Gasteiger partial charge is 0.468 e. The minimum atomic E-state index is -0.412. The van der Waals surface area contributed by atoms with Gasteiger partial charge < -0.3 is 10.5 Å². The third kappa shape index (κ3) is 1.87. The van der Waals surface area contributed by atoms with Gasteiger partial charge in [0.15, 0.2) is 0 Å². The maximum absolute atomic E-state index is 11.0. The van der Waals surface area contributed by atoms with Crippen molar-refractivity contribution >= 4 is 44.0 Å². The zero-order valence-electron chi connectivity index (χ0n) is 5.77. The first kappa shape index (κ1) is 9.31. The molecule has 0 radical (unpaired) electrons. The van der Waals surface area contributed by atoms with Crippen LogP contribution in [0.5, 0.6) is 0 Å². The molecule has 0 unspecified atom stereocenters. The standard InChI is InChI=1S/C5H7NO2S3/c1-8-4(7)2-3(6)10-11-5(2)9/h2-3H,6H2,1H3/t2-,3+/m1/s1. The molecule has 1 aliphatic rings. The number of hydrogen-bond acceptors (Lipinski definition) is 6. The predicted octanol–water partition coefficient (Wildman–Crippen LogP) is 0.783. The van der Waals surface area contributed by atoms with E-state index in [-0.39, 0.29) is 11.3 Å². The molecule has 0 amide bonds. The Morgan fingerprint density at radius 2 is 2.45 bits per heavy atom. The summed E-state index contributed by atoms with van der Waals surface area (Å²) in [7, 11) is 4.13. The van der Waals surface area contributed by atoms with Crippen molar-refractivity contribution in [1.82, 2.24) is 0 Å². The van der Waals surface area contributed by atoms with Crippen LogP contribution >= 0.6 is 33.8 Å². The highest BCUT2D eigenvalue weighted by molar-refractivity contribution is 8.84. The minimum absolute atomic E-state index is 0.250. The van der Waals surface area contributed by atoms with Gasteiger partial charge in [0, 0.05) is 0 Å². The van der Waals surface area contributed by atoms with Crippen LogP contribution in [-0.2, 0) is 9.53 Å². The number of ether oxygens (including phenoxy) is 1. The molecule has 62 valence electrons. The molecule has 1 aliphatic heterocycles. The smallest absolute Gasteiger partial charge is 0.317 e. The molecule has 0 aromatic carbocycles. The zero-order valence-corrected chi connectivity index (χ0v) is 8.22. The Kier molecular flexibility index (Phi) is 3.17. The van der Waals surface area contributed by atoms with Gasteiger partial charge in [0.25, 0.3) is 0 Å². The van der Waals surface area contributed by atoms with Gasteiger partial charge in [0.1, 0.15) is 5.92 Å². The fourth-order valence-corrected chi connectivity index (χ4v) is 3.64. The van der Waals surface area contributed by atoms with Crippen LogP contribution in [0.15, 0.2) is 0 Å². The maximum Gasteiger partial charge on any atom is 0.317 e. The highest BCUT2D eigenvalue weighted by Crippen LogP contribution is 2.41. The fourth-order valence-electron chi connectivity index (χ4n) is 0.702. The molecule has 6 heteroatoms. The number of thiocarbonyl (C=S) groups is 1. The van der Waals surface area contributed by atoms with E-state index in [1.165, 1.54) is 28.7 Å². The van der Waals surface area contributed by atoms with E-state index in [2.05, 4.69) is 4.74 Å². The molecule has 11 heavy (non-hydrogen) atoms. The molecule has 0 bridgehead atoms. The van der Waals surface area contributed by atoms with E-state index >= 15 is 0 Å². The van der Waals surface area contributed by atoms with Gasteiger partial charge in [-0.2, -0.15) is 0 Å². The fraction of sp³-hybridized carbons (Fsp3) is 0.600. The highest BCUT2D eigenvalue weighted by atomic mass is 33.1. The lowest BCUT2D eigenvalue weighted by molar-refractivity contribution is -0.142. The van der Waals surface area contributed by atoms with Crippen molar-refractivity contribution < 1.29 is 9.53 Å². The van der Waals surface area contributed by atoms with Crippen molar-refractivity contribution in [2.75, 3.05) is 7.11 Å². The average Bonchev–Trinajstić information content (AvgIpc) is 2.30. The summed E-state index contributed by atoms with van der Waals surface area (Å²) in [6, 6.07) is 0. The molecule has 1 rings (SSSR count). The van der Waals surface area contributed by atoms with Crippen LogP contribution in [0.3, 0.4) is 0 Å². The lowest BCUT2D eigenvalue weighted by Crippen LogP contribution is -2.33. The first-order valence-corrected chi connectivity index (χ1v) is 5.49. The number of carbonyl (C=O) groups excluding carboxylic acids is 1. The van der Waals surface area contributed by atoms with E-state index in [1.54, 1.807) is 0 Å². The molecular formula is C5H7NO2S3. The Bertz CT molecular complexity index is 196. The molecule has 0 spiro atoms. The van der Waals surface area contributed by atoms with Crippen molar-refractivity contribution in [2.45, 2.75) is 5.37 Å². The van der Waals surface area contributed by atoms with E-state index in [9.17, 15) is 4.79 Å². The lowest BCUT2D eigenvalue weighted by Gasteiger charge is -2.09. The SMILES string of the molecule is COC(=O)[C@@H]1C(=S)SS[C@@H]1N. The summed E-state index contributed by atoms with van der Waals surface area (Å²) in [5.74, 6) is -0.745. The lowest BCUT2D eigenvalue weighted by atomic mass is 10.2. The van der Waals surface area contributed by atoms with Gasteiger partial charge in [0.05, 0.1) is 16.7 Å². The van der Waals surface area contributed by atoms with Gasteiger partial charge in [-0.05, 0) is 10.8 Å². The second-order valence-electron chi connectivity index (χ2n) is 1.96.